The Balaban J connectivity index is 2.23. The second-order valence-corrected chi connectivity index (χ2v) is 4.67. The summed E-state index contributed by atoms with van der Waals surface area (Å²) in [5, 5.41) is 0. The van der Waals surface area contributed by atoms with Gasteiger partial charge in [-0.05, 0) is 50.3 Å². The molecule has 1 aliphatic rings. The highest BCUT2D eigenvalue weighted by molar-refractivity contribution is 7.13. The summed E-state index contributed by atoms with van der Waals surface area (Å²) < 4.78 is 0. The molecule has 0 radical (unpaired) electrons. The molecule has 64 valence electrons. The minimum Gasteiger partial charge on any atom is -0.141 e. The van der Waals surface area contributed by atoms with Crippen molar-refractivity contribution in [2.75, 3.05) is 0 Å². The van der Waals surface area contributed by atoms with E-state index in [0.717, 1.165) is 0 Å². The molecule has 0 unspecified atom stereocenters. The van der Waals surface area contributed by atoms with Gasteiger partial charge in [-0.3, -0.25) is 0 Å². The molecule has 1 aliphatic carbocycles. The molecule has 0 bridgehead atoms. The van der Waals surface area contributed by atoms with Gasteiger partial charge in [0.25, 0.3) is 0 Å². The topological polar surface area (TPSA) is 0 Å². The van der Waals surface area contributed by atoms with Crippen LogP contribution in [0.4, 0.5) is 0 Å². The van der Waals surface area contributed by atoms with E-state index in [-0.39, 0.29) is 0 Å². The van der Waals surface area contributed by atoms with Crippen LogP contribution in [-0.4, -0.2) is 0 Å². The number of aryl methyl sites for hydroxylation is 1. The molecule has 0 spiro atoms. The first-order chi connectivity index (χ1) is 5.86. The molecule has 0 atom stereocenters. The van der Waals surface area contributed by atoms with Crippen molar-refractivity contribution < 1.29 is 0 Å². The minimum atomic E-state index is 1.28. The summed E-state index contributed by atoms with van der Waals surface area (Å²) in [5.74, 6) is 0. The third kappa shape index (κ3) is 1.61. The molecule has 0 nitrogen and oxygen atoms in total. The Morgan fingerprint density at radius 1 is 1.25 bits per heavy atom. The van der Waals surface area contributed by atoms with Crippen molar-refractivity contribution in [1.82, 2.24) is 0 Å². The summed E-state index contributed by atoms with van der Waals surface area (Å²) >= 11 is 1.93. The van der Waals surface area contributed by atoms with Crippen LogP contribution in [0.1, 0.15) is 35.4 Å². The van der Waals surface area contributed by atoms with E-state index in [0.29, 0.717) is 0 Å². The summed E-state index contributed by atoms with van der Waals surface area (Å²) in [6.07, 6.45) is 7.75. The van der Waals surface area contributed by atoms with Crippen LogP contribution in [-0.2, 0) is 0 Å². The van der Waals surface area contributed by atoms with Crippen molar-refractivity contribution in [2.24, 2.45) is 0 Å². The van der Waals surface area contributed by atoms with Crippen LogP contribution in [0, 0.1) is 6.92 Å². The lowest BCUT2D eigenvalue weighted by Crippen LogP contribution is -1.88. The predicted octanol–water partition coefficient (Wildman–Crippen LogP) is 4.01. The molecular weight excluding hydrogens is 164 g/mol. The maximum absolute atomic E-state index is 2.41. The van der Waals surface area contributed by atoms with E-state index in [1.165, 1.54) is 35.4 Å². The van der Waals surface area contributed by atoms with Crippen molar-refractivity contribution >= 4 is 16.9 Å². The first-order valence-corrected chi connectivity index (χ1v) is 5.44. The Morgan fingerprint density at radius 2 is 2.17 bits per heavy atom. The Kier molecular flexibility index (Phi) is 2.31. The van der Waals surface area contributed by atoms with Gasteiger partial charge in [-0.15, -0.1) is 11.3 Å². The highest BCUT2D eigenvalue weighted by Gasteiger charge is 2.07. The fourth-order valence-corrected chi connectivity index (χ4v) is 2.60. The molecule has 2 rings (SSSR count). The average Bonchev–Trinajstić information content (AvgIpc) is 2.54. The Labute approximate surface area is 77.9 Å². The molecular formula is C11H14S. The zero-order valence-electron chi connectivity index (χ0n) is 7.47. The van der Waals surface area contributed by atoms with Gasteiger partial charge in [0.15, 0.2) is 0 Å². The van der Waals surface area contributed by atoms with Crippen molar-refractivity contribution in [3.8, 4) is 0 Å². The first kappa shape index (κ1) is 8.06. The number of thiophene rings is 1. The third-order valence-corrected chi connectivity index (χ3v) is 3.42. The predicted molar refractivity (Wildman–Crippen MR) is 55.5 cm³/mol. The van der Waals surface area contributed by atoms with Gasteiger partial charge in [-0.25, -0.2) is 0 Å². The molecule has 0 saturated heterocycles. The highest BCUT2D eigenvalue weighted by Crippen LogP contribution is 2.30. The normalized spacial score (nSPS) is 17.6. The van der Waals surface area contributed by atoms with E-state index < -0.39 is 0 Å². The van der Waals surface area contributed by atoms with Gasteiger partial charge in [0.05, 0.1) is 0 Å². The van der Waals surface area contributed by atoms with E-state index in [4.69, 9.17) is 0 Å². The van der Waals surface area contributed by atoms with Crippen LogP contribution in [0.5, 0.6) is 0 Å². The number of allylic oxidation sites excluding steroid dienone is 2. The molecule has 0 aliphatic heterocycles. The molecule has 1 heteroatoms. The van der Waals surface area contributed by atoms with Crippen LogP contribution in [0.3, 0.4) is 0 Å². The Hall–Kier alpha value is -0.560. The largest absolute Gasteiger partial charge is 0.141 e. The lowest BCUT2D eigenvalue weighted by molar-refractivity contribution is 0.743. The van der Waals surface area contributed by atoms with Gasteiger partial charge in [0.1, 0.15) is 0 Å². The van der Waals surface area contributed by atoms with Gasteiger partial charge in [0.2, 0.25) is 0 Å². The third-order valence-electron chi connectivity index (χ3n) is 2.35. The molecule has 1 aromatic heterocycles. The van der Waals surface area contributed by atoms with Crippen LogP contribution < -0.4 is 0 Å². The second kappa shape index (κ2) is 3.44. The average molecular weight is 178 g/mol. The van der Waals surface area contributed by atoms with E-state index in [1.807, 2.05) is 11.3 Å². The molecule has 1 aromatic rings. The SMILES string of the molecule is Cc1ccc(C2=CCCCC2)s1. The lowest BCUT2D eigenvalue weighted by Gasteiger charge is -2.10. The molecule has 0 saturated carbocycles. The van der Waals surface area contributed by atoms with E-state index in [9.17, 15) is 0 Å². The number of rotatable bonds is 1. The molecule has 1 heterocycles. The van der Waals surface area contributed by atoms with E-state index in [1.54, 1.807) is 5.57 Å². The van der Waals surface area contributed by atoms with Crippen molar-refractivity contribution in [2.45, 2.75) is 32.6 Å². The number of hydrogen-bond donors (Lipinski definition) is 0. The molecule has 0 fully saturated rings. The maximum Gasteiger partial charge on any atom is 0.0301 e. The van der Waals surface area contributed by atoms with Crippen molar-refractivity contribution in [3.05, 3.63) is 28.0 Å². The Bertz CT molecular complexity index is 294. The second-order valence-electron chi connectivity index (χ2n) is 3.39. The summed E-state index contributed by atoms with van der Waals surface area (Å²) in [4.78, 5) is 2.92. The summed E-state index contributed by atoms with van der Waals surface area (Å²) in [6, 6.07) is 4.48. The van der Waals surface area contributed by atoms with Crippen LogP contribution in [0.25, 0.3) is 5.57 Å². The summed E-state index contributed by atoms with van der Waals surface area (Å²) in [6.45, 7) is 2.18. The van der Waals surface area contributed by atoms with Crippen LogP contribution in [0.2, 0.25) is 0 Å². The zero-order valence-corrected chi connectivity index (χ0v) is 8.29. The fraction of sp³-hybridized carbons (Fsp3) is 0.455. The van der Waals surface area contributed by atoms with Gasteiger partial charge in [0, 0.05) is 9.75 Å². The molecule has 0 N–H and O–H groups in total. The zero-order chi connectivity index (χ0) is 8.39. The highest BCUT2D eigenvalue weighted by atomic mass is 32.1. The minimum absolute atomic E-state index is 1.28. The summed E-state index contributed by atoms with van der Waals surface area (Å²) in [7, 11) is 0. The molecule has 12 heavy (non-hydrogen) atoms. The summed E-state index contributed by atoms with van der Waals surface area (Å²) in [5.41, 5.74) is 1.58. The fourth-order valence-electron chi connectivity index (χ4n) is 1.67. The van der Waals surface area contributed by atoms with E-state index >= 15 is 0 Å². The van der Waals surface area contributed by atoms with Crippen LogP contribution in [0.15, 0.2) is 18.2 Å². The first-order valence-electron chi connectivity index (χ1n) is 4.62. The van der Waals surface area contributed by atoms with Gasteiger partial charge in [-0.1, -0.05) is 6.08 Å². The quantitative estimate of drug-likeness (QED) is 0.609. The molecule has 0 amide bonds. The Morgan fingerprint density at radius 3 is 2.75 bits per heavy atom. The molecule has 0 aromatic carbocycles. The van der Waals surface area contributed by atoms with Gasteiger partial charge in [-0.2, -0.15) is 0 Å². The van der Waals surface area contributed by atoms with Crippen LogP contribution >= 0.6 is 11.3 Å². The number of hydrogen-bond acceptors (Lipinski definition) is 1. The van der Waals surface area contributed by atoms with E-state index in [2.05, 4.69) is 25.1 Å². The van der Waals surface area contributed by atoms with Crippen molar-refractivity contribution in [3.63, 3.8) is 0 Å². The smallest absolute Gasteiger partial charge is 0.0301 e. The van der Waals surface area contributed by atoms with Gasteiger partial charge < -0.3 is 0 Å². The van der Waals surface area contributed by atoms with Gasteiger partial charge >= 0.3 is 0 Å². The monoisotopic (exact) mass is 178 g/mol. The standard InChI is InChI=1S/C11H14S/c1-9-7-8-11(12-9)10-5-3-2-4-6-10/h5,7-8H,2-4,6H2,1H3. The maximum atomic E-state index is 2.41. The van der Waals surface area contributed by atoms with Crippen molar-refractivity contribution in [1.29, 1.82) is 0 Å². The lowest BCUT2D eigenvalue weighted by atomic mass is 9.99.